The summed E-state index contributed by atoms with van der Waals surface area (Å²) in [5, 5.41) is 7.10. The number of unbranched alkanes of at least 4 members (excludes halogenated alkanes) is 5. The van der Waals surface area contributed by atoms with Crippen molar-refractivity contribution in [2.75, 3.05) is 13.1 Å². The zero-order chi connectivity index (χ0) is 23.0. The highest BCUT2D eigenvalue weighted by Gasteiger charge is 1.98. The molecule has 2 amide bonds. The van der Waals surface area contributed by atoms with E-state index in [2.05, 4.69) is 10.6 Å². The van der Waals surface area contributed by atoms with Crippen molar-refractivity contribution in [2.24, 2.45) is 0 Å². The van der Waals surface area contributed by atoms with Crippen LogP contribution in [-0.4, -0.2) is 24.9 Å². The summed E-state index contributed by atoms with van der Waals surface area (Å²) >= 11 is 11.8. The van der Waals surface area contributed by atoms with Gasteiger partial charge in [0, 0.05) is 35.3 Å². The van der Waals surface area contributed by atoms with Gasteiger partial charge in [-0.25, -0.2) is 0 Å². The molecule has 0 fully saturated rings. The average Bonchev–Trinajstić information content (AvgIpc) is 2.77. The third-order valence-electron chi connectivity index (χ3n) is 4.75. The maximum atomic E-state index is 11.8. The van der Waals surface area contributed by atoms with E-state index in [4.69, 9.17) is 23.2 Å². The molecule has 0 aliphatic heterocycles. The Morgan fingerprint density at radius 1 is 0.656 bits per heavy atom. The molecule has 6 heteroatoms. The van der Waals surface area contributed by atoms with Gasteiger partial charge >= 0.3 is 0 Å². The van der Waals surface area contributed by atoms with Gasteiger partial charge in [0.05, 0.1) is 0 Å². The van der Waals surface area contributed by atoms with Crippen molar-refractivity contribution in [3.63, 3.8) is 0 Å². The number of benzene rings is 2. The van der Waals surface area contributed by atoms with E-state index in [1.54, 1.807) is 24.3 Å². The number of carbonyl (C=O) groups is 2. The van der Waals surface area contributed by atoms with Crippen LogP contribution in [0.3, 0.4) is 0 Å². The molecular weight excluding hydrogens is 443 g/mol. The molecule has 2 aromatic carbocycles. The Bertz CT molecular complexity index is 850. The Kier molecular flexibility index (Phi) is 12.3. The lowest BCUT2D eigenvalue weighted by atomic mass is 10.1. The highest BCUT2D eigenvalue weighted by Crippen LogP contribution is 2.12. The predicted octanol–water partition coefficient (Wildman–Crippen LogP) is 6.29. The van der Waals surface area contributed by atoms with Crippen molar-refractivity contribution in [1.29, 1.82) is 0 Å². The second kappa shape index (κ2) is 15.3. The van der Waals surface area contributed by atoms with Gasteiger partial charge in [-0.1, -0.05) is 73.2 Å². The quantitative estimate of drug-likeness (QED) is 0.265. The standard InChI is InChI=1S/C26H30Cl2N2O2/c27-23-11-7-9-21(19-23)13-15-25(31)29-17-5-3-1-2-4-6-18-30-26(32)16-14-22-10-8-12-24(28)20-22/h7-16,19-20H,1-6,17-18H2,(H,29,31)(H,30,32)/b15-13+,16-14+. The molecule has 2 aromatic rings. The number of hydrogen-bond acceptors (Lipinski definition) is 2. The Morgan fingerprint density at radius 3 is 1.47 bits per heavy atom. The number of rotatable bonds is 13. The molecule has 170 valence electrons. The number of carbonyl (C=O) groups excluding carboxylic acids is 2. The normalized spacial score (nSPS) is 11.2. The van der Waals surface area contributed by atoms with E-state index >= 15 is 0 Å². The topological polar surface area (TPSA) is 58.2 Å². The van der Waals surface area contributed by atoms with Gasteiger partial charge in [0.15, 0.2) is 0 Å². The lowest BCUT2D eigenvalue weighted by Gasteiger charge is -2.04. The Labute approximate surface area is 200 Å². The van der Waals surface area contributed by atoms with Gasteiger partial charge < -0.3 is 10.6 Å². The van der Waals surface area contributed by atoms with Gasteiger partial charge in [-0.15, -0.1) is 0 Å². The second-order valence-corrected chi connectivity index (χ2v) is 8.35. The minimum Gasteiger partial charge on any atom is -0.353 e. The van der Waals surface area contributed by atoms with E-state index in [0.717, 1.165) is 49.7 Å². The van der Waals surface area contributed by atoms with E-state index < -0.39 is 0 Å². The summed E-state index contributed by atoms with van der Waals surface area (Å²) in [6.07, 6.45) is 12.9. The highest BCUT2D eigenvalue weighted by atomic mass is 35.5. The van der Waals surface area contributed by atoms with E-state index in [0.29, 0.717) is 23.1 Å². The van der Waals surface area contributed by atoms with Gasteiger partial charge in [0.2, 0.25) is 11.8 Å². The zero-order valence-corrected chi connectivity index (χ0v) is 19.7. The van der Waals surface area contributed by atoms with E-state index in [1.807, 2.05) is 36.4 Å². The van der Waals surface area contributed by atoms with E-state index in [1.165, 1.54) is 12.2 Å². The van der Waals surface area contributed by atoms with Crippen molar-refractivity contribution >= 4 is 47.2 Å². The van der Waals surface area contributed by atoms with Crippen molar-refractivity contribution < 1.29 is 9.59 Å². The lowest BCUT2D eigenvalue weighted by molar-refractivity contribution is -0.117. The van der Waals surface area contributed by atoms with Crippen molar-refractivity contribution in [3.8, 4) is 0 Å². The second-order valence-electron chi connectivity index (χ2n) is 7.48. The minimum atomic E-state index is -0.0925. The first-order valence-corrected chi connectivity index (χ1v) is 11.7. The van der Waals surface area contributed by atoms with Crippen LogP contribution in [0.1, 0.15) is 49.7 Å². The monoisotopic (exact) mass is 472 g/mol. The number of hydrogen-bond donors (Lipinski definition) is 2. The first kappa shape index (κ1) is 25.7. The molecule has 0 atom stereocenters. The van der Waals surface area contributed by atoms with Crippen LogP contribution in [0.5, 0.6) is 0 Å². The van der Waals surface area contributed by atoms with Crippen LogP contribution in [0.2, 0.25) is 10.0 Å². The molecule has 0 unspecified atom stereocenters. The van der Waals surface area contributed by atoms with Crippen LogP contribution < -0.4 is 10.6 Å². The summed E-state index contributed by atoms with van der Waals surface area (Å²) in [5.41, 5.74) is 1.81. The summed E-state index contributed by atoms with van der Waals surface area (Å²) in [5.74, 6) is -0.185. The Balaban J connectivity index is 1.43. The third kappa shape index (κ3) is 11.7. The van der Waals surface area contributed by atoms with E-state index in [9.17, 15) is 9.59 Å². The summed E-state index contributed by atoms with van der Waals surface area (Å²) < 4.78 is 0. The maximum absolute atomic E-state index is 11.8. The molecule has 0 bridgehead atoms. The van der Waals surface area contributed by atoms with Gasteiger partial charge in [0.25, 0.3) is 0 Å². The molecule has 0 spiro atoms. The smallest absolute Gasteiger partial charge is 0.243 e. The third-order valence-corrected chi connectivity index (χ3v) is 5.22. The Hall–Kier alpha value is -2.56. The van der Waals surface area contributed by atoms with E-state index in [-0.39, 0.29) is 11.8 Å². The molecule has 0 heterocycles. The van der Waals surface area contributed by atoms with Crippen LogP contribution >= 0.6 is 23.2 Å². The number of nitrogens with one attached hydrogen (secondary N) is 2. The van der Waals surface area contributed by atoms with Crippen molar-refractivity contribution in [3.05, 3.63) is 81.9 Å². The fraction of sp³-hybridized carbons (Fsp3) is 0.308. The molecule has 0 aliphatic carbocycles. The van der Waals surface area contributed by atoms with Crippen LogP contribution in [0, 0.1) is 0 Å². The van der Waals surface area contributed by atoms with Gasteiger partial charge in [-0.2, -0.15) is 0 Å². The average molecular weight is 473 g/mol. The van der Waals surface area contributed by atoms with Gasteiger partial charge in [0.1, 0.15) is 0 Å². The minimum absolute atomic E-state index is 0.0925. The summed E-state index contributed by atoms with van der Waals surface area (Å²) in [6, 6.07) is 14.7. The van der Waals surface area contributed by atoms with Crippen LogP contribution in [-0.2, 0) is 9.59 Å². The predicted molar refractivity (Wildman–Crippen MR) is 135 cm³/mol. The summed E-state index contributed by atoms with van der Waals surface area (Å²) in [4.78, 5) is 23.7. The summed E-state index contributed by atoms with van der Waals surface area (Å²) in [6.45, 7) is 1.35. The molecular formula is C26H30Cl2N2O2. The lowest BCUT2D eigenvalue weighted by Crippen LogP contribution is -2.22. The SMILES string of the molecule is O=C(/C=C/c1cccc(Cl)c1)NCCCCCCCCNC(=O)/C=C/c1cccc(Cl)c1. The highest BCUT2D eigenvalue weighted by molar-refractivity contribution is 6.31. The van der Waals surface area contributed by atoms with Gasteiger partial charge in [-0.3, -0.25) is 9.59 Å². The molecule has 2 rings (SSSR count). The molecule has 0 saturated heterocycles. The molecule has 4 nitrogen and oxygen atoms in total. The molecule has 2 N–H and O–H groups in total. The van der Waals surface area contributed by atoms with Crippen LogP contribution in [0.4, 0.5) is 0 Å². The zero-order valence-electron chi connectivity index (χ0n) is 18.2. The molecule has 0 saturated carbocycles. The molecule has 0 radical (unpaired) electrons. The van der Waals surface area contributed by atoms with Gasteiger partial charge in [-0.05, 0) is 60.4 Å². The Morgan fingerprint density at radius 2 is 1.06 bits per heavy atom. The molecule has 0 aromatic heterocycles. The number of amides is 2. The van der Waals surface area contributed by atoms with Crippen molar-refractivity contribution in [1.82, 2.24) is 10.6 Å². The largest absolute Gasteiger partial charge is 0.353 e. The fourth-order valence-electron chi connectivity index (χ4n) is 3.06. The molecule has 32 heavy (non-hydrogen) atoms. The van der Waals surface area contributed by atoms with Crippen LogP contribution in [0.25, 0.3) is 12.2 Å². The maximum Gasteiger partial charge on any atom is 0.243 e. The summed E-state index contributed by atoms with van der Waals surface area (Å²) in [7, 11) is 0. The first-order chi connectivity index (χ1) is 15.5. The van der Waals surface area contributed by atoms with Crippen molar-refractivity contribution in [2.45, 2.75) is 38.5 Å². The first-order valence-electron chi connectivity index (χ1n) is 11.0. The molecule has 0 aliphatic rings. The number of halogens is 2. The fourth-order valence-corrected chi connectivity index (χ4v) is 3.46. The van der Waals surface area contributed by atoms with Crippen LogP contribution in [0.15, 0.2) is 60.7 Å².